The number of methoxy groups -OCH3 is 1. The third-order valence-corrected chi connectivity index (χ3v) is 7.89. The number of rotatable bonds is 12. The van der Waals surface area contributed by atoms with Crippen LogP contribution >= 0.6 is 23.2 Å². The lowest BCUT2D eigenvalue weighted by atomic mass is 10.1. The molecule has 37 heavy (non-hydrogen) atoms. The molecule has 204 valence electrons. The second kappa shape index (κ2) is 13.3. The van der Waals surface area contributed by atoms with Crippen molar-refractivity contribution >= 4 is 50.7 Å². The van der Waals surface area contributed by atoms with Gasteiger partial charge in [-0.2, -0.15) is 0 Å². The highest BCUT2D eigenvalue weighted by Crippen LogP contribution is 2.32. The van der Waals surface area contributed by atoms with Gasteiger partial charge in [0.1, 0.15) is 18.3 Å². The molecular formula is C26H35Cl2N3O5S. The standard InChI is InChI=1S/C26H35Cl2N3O5S/c1-7-18(4)29-26(33)22(8-2)30(15-19-20(27)10-9-11-21(19)28)25(32)16-31(37(6,34)35)23-14-17(3)12-13-24(23)36-5/h9-14,18,22H,7-8,15-16H2,1-6H3,(H,29,33)/t18-,22-/m1/s1. The first-order chi connectivity index (χ1) is 17.3. The van der Waals surface area contributed by atoms with Crippen LogP contribution in [0.1, 0.15) is 44.7 Å². The van der Waals surface area contributed by atoms with Gasteiger partial charge in [0.05, 0.1) is 19.1 Å². The summed E-state index contributed by atoms with van der Waals surface area (Å²) in [5, 5.41) is 3.59. The maximum Gasteiger partial charge on any atom is 0.244 e. The number of carbonyl (C=O) groups excluding carboxylic acids is 2. The van der Waals surface area contributed by atoms with Crippen LogP contribution in [-0.4, -0.2) is 57.1 Å². The molecule has 2 aromatic carbocycles. The molecule has 0 bridgehead atoms. The predicted molar refractivity (Wildman–Crippen MR) is 149 cm³/mol. The summed E-state index contributed by atoms with van der Waals surface area (Å²) < 4.78 is 32.1. The molecule has 0 aliphatic carbocycles. The fourth-order valence-corrected chi connectivity index (χ4v) is 5.17. The molecule has 0 aliphatic rings. The van der Waals surface area contributed by atoms with Crippen LogP contribution in [0.2, 0.25) is 10.0 Å². The number of anilines is 1. The highest BCUT2D eigenvalue weighted by molar-refractivity contribution is 7.92. The minimum atomic E-state index is -3.91. The van der Waals surface area contributed by atoms with Crippen molar-refractivity contribution in [2.75, 3.05) is 24.2 Å². The second-order valence-electron chi connectivity index (χ2n) is 8.91. The molecule has 8 nitrogen and oxygen atoms in total. The summed E-state index contributed by atoms with van der Waals surface area (Å²) in [7, 11) is -2.48. The Morgan fingerprint density at radius 3 is 2.22 bits per heavy atom. The van der Waals surface area contributed by atoms with E-state index >= 15 is 0 Å². The summed E-state index contributed by atoms with van der Waals surface area (Å²) in [4.78, 5) is 28.4. The maximum absolute atomic E-state index is 13.9. The molecule has 2 rings (SSSR count). The highest BCUT2D eigenvalue weighted by Gasteiger charge is 2.33. The average molecular weight is 573 g/mol. The smallest absolute Gasteiger partial charge is 0.244 e. The molecule has 0 saturated heterocycles. The Hall–Kier alpha value is -2.49. The summed E-state index contributed by atoms with van der Waals surface area (Å²) >= 11 is 12.8. The predicted octanol–water partition coefficient (Wildman–Crippen LogP) is 4.80. The van der Waals surface area contributed by atoms with Crippen molar-refractivity contribution in [3.05, 3.63) is 57.6 Å². The molecule has 0 heterocycles. The van der Waals surface area contributed by atoms with Gasteiger partial charge in [0.2, 0.25) is 21.8 Å². The number of nitrogens with one attached hydrogen (secondary N) is 1. The van der Waals surface area contributed by atoms with E-state index in [1.165, 1.54) is 12.0 Å². The second-order valence-corrected chi connectivity index (χ2v) is 11.6. The third kappa shape index (κ3) is 7.99. The Kier molecular flexibility index (Phi) is 11.1. The number of hydrogen-bond acceptors (Lipinski definition) is 5. The van der Waals surface area contributed by atoms with E-state index in [0.29, 0.717) is 34.2 Å². The number of sulfonamides is 1. The van der Waals surface area contributed by atoms with E-state index in [9.17, 15) is 18.0 Å². The van der Waals surface area contributed by atoms with Gasteiger partial charge in [-0.3, -0.25) is 13.9 Å². The number of benzene rings is 2. The summed E-state index contributed by atoms with van der Waals surface area (Å²) in [6.07, 6.45) is 2.02. The molecule has 11 heteroatoms. The Morgan fingerprint density at radius 1 is 1.08 bits per heavy atom. The number of aryl methyl sites for hydroxylation is 1. The number of amides is 2. The van der Waals surface area contributed by atoms with Crippen molar-refractivity contribution in [1.29, 1.82) is 0 Å². The van der Waals surface area contributed by atoms with Crippen molar-refractivity contribution < 1.29 is 22.7 Å². The fraction of sp³-hybridized carbons (Fsp3) is 0.462. The maximum atomic E-state index is 13.9. The van der Waals surface area contributed by atoms with Crippen molar-refractivity contribution in [3.8, 4) is 5.75 Å². The van der Waals surface area contributed by atoms with E-state index < -0.39 is 28.5 Å². The molecule has 0 unspecified atom stereocenters. The van der Waals surface area contributed by atoms with E-state index in [2.05, 4.69) is 5.32 Å². The average Bonchev–Trinajstić information content (AvgIpc) is 2.83. The van der Waals surface area contributed by atoms with Gasteiger partial charge in [-0.1, -0.05) is 49.2 Å². The van der Waals surface area contributed by atoms with E-state index in [0.717, 1.165) is 16.1 Å². The lowest BCUT2D eigenvalue weighted by Gasteiger charge is -2.34. The van der Waals surface area contributed by atoms with Crippen LogP contribution in [0.3, 0.4) is 0 Å². The van der Waals surface area contributed by atoms with E-state index in [1.54, 1.807) is 43.3 Å². The van der Waals surface area contributed by atoms with Gasteiger partial charge in [-0.15, -0.1) is 0 Å². The molecule has 0 aliphatic heterocycles. The zero-order chi connectivity index (χ0) is 27.9. The molecule has 2 amide bonds. The zero-order valence-corrected chi connectivity index (χ0v) is 24.4. The quantitative estimate of drug-likeness (QED) is 0.394. The van der Waals surface area contributed by atoms with Crippen LogP contribution in [0.25, 0.3) is 0 Å². The fourth-order valence-electron chi connectivity index (χ4n) is 3.80. The first kappa shape index (κ1) is 30.7. The molecule has 0 aromatic heterocycles. The Morgan fingerprint density at radius 2 is 1.70 bits per heavy atom. The van der Waals surface area contributed by atoms with Crippen LogP contribution in [0.15, 0.2) is 36.4 Å². The van der Waals surface area contributed by atoms with Crippen molar-refractivity contribution in [2.24, 2.45) is 0 Å². The molecule has 0 radical (unpaired) electrons. The van der Waals surface area contributed by atoms with Gasteiger partial charge in [0.15, 0.2) is 0 Å². The van der Waals surface area contributed by atoms with Crippen molar-refractivity contribution in [1.82, 2.24) is 10.2 Å². The molecule has 2 aromatic rings. The van der Waals surface area contributed by atoms with Gasteiger partial charge in [-0.25, -0.2) is 8.42 Å². The zero-order valence-electron chi connectivity index (χ0n) is 22.0. The minimum absolute atomic E-state index is 0.0771. The van der Waals surface area contributed by atoms with Gasteiger partial charge < -0.3 is 15.0 Å². The van der Waals surface area contributed by atoms with Gasteiger partial charge in [-0.05, 0) is 56.5 Å². The van der Waals surface area contributed by atoms with Gasteiger partial charge in [0.25, 0.3) is 0 Å². The Labute approximate surface area is 229 Å². The lowest BCUT2D eigenvalue weighted by Crippen LogP contribution is -2.53. The summed E-state index contributed by atoms with van der Waals surface area (Å²) in [6.45, 7) is 6.78. The number of ether oxygens (including phenoxy) is 1. The van der Waals surface area contributed by atoms with E-state index in [1.807, 2.05) is 20.8 Å². The largest absolute Gasteiger partial charge is 0.495 e. The summed E-state index contributed by atoms with van der Waals surface area (Å²) in [6, 6.07) is 9.04. The molecule has 0 saturated carbocycles. The number of nitrogens with zero attached hydrogens (tertiary/aromatic N) is 2. The first-order valence-corrected chi connectivity index (χ1v) is 14.6. The van der Waals surface area contributed by atoms with Crippen LogP contribution in [0, 0.1) is 6.92 Å². The van der Waals surface area contributed by atoms with Crippen LogP contribution < -0.4 is 14.4 Å². The summed E-state index contributed by atoms with van der Waals surface area (Å²) in [5.41, 5.74) is 1.48. The Balaban J connectivity index is 2.57. The monoisotopic (exact) mass is 571 g/mol. The van der Waals surface area contributed by atoms with Crippen LogP contribution in [-0.2, 0) is 26.2 Å². The number of hydrogen-bond donors (Lipinski definition) is 1. The Bertz CT molecular complexity index is 1200. The van der Waals surface area contributed by atoms with E-state index in [-0.39, 0.29) is 24.2 Å². The molecule has 1 N–H and O–H groups in total. The van der Waals surface area contributed by atoms with Gasteiger partial charge >= 0.3 is 0 Å². The molecule has 0 spiro atoms. The van der Waals surface area contributed by atoms with Gasteiger partial charge in [0, 0.05) is 28.2 Å². The lowest BCUT2D eigenvalue weighted by molar-refractivity contribution is -0.140. The normalized spacial score (nSPS) is 13.0. The number of halogens is 2. The minimum Gasteiger partial charge on any atom is -0.495 e. The molecular weight excluding hydrogens is 537 g/mol. The van der Waals surface area contributed by atoms with Crippen molar-refractivity contribution in [3.63, 3.8) is 0 Å². The van der Waals surface area contributed by atoms with E-state index in [4.69, 9.17) is 27.9 Å². The first-order valence-electron chi connectivity index (χ1n) is 12.0. The molecule has 0 fully saturated rings. The topological polar surface area (TPSA) is 96.0 Å². The summed E-state index contributed by atoms with van der Waals surface area (Å²) in [5.74, 6) is -0.630. The number of carbonyl (C=O) groups is 2. The van der Waals surface area contributed by atoms with Crippen molar-refractivity contribution in [2.45, 2.75) is 59.2 Å². The van der Waals surface area contributed by atoms with Crippen LogP contribution in [0.4, 0.5) is 5.69 Å². The van der Waals surface area contributed by atoms with Crippen LogP contribution in [0.5, 0.6) is 5.75 Å². The highest BCUT2D eigenvalue weighted by atomic mass is 35.5. The molecule has 2 atom stereocenters. The SMILES string of the molecule is CC[C@@H](C)NC(=O)[C@@H](CC)N(Cc1c(Cl)cccc1Cl)C(=O)CN(c1cc(C)ccc1OC)S(C)(=O)=O. The third-order valence-electron chi connectivity index (χ3n) is 6.06.